The summed E-state index contributed by atoms with van der Waals surface area (Å²) >= 11 is 3.44. The van der Waals surface area contributed by atoms with E-state index in [1.165, 1.54) is 0 Å². The standard InChI is InChI=1S/C19H31NO3S2/c1-15(21)6-8-18(2)13-24-10-4-5-11-25-14-19(3,17(23)12-20)9-7-16(18)22/h4-5H,6-14,20H2,1-3H3/b5-4-/t18-,19-/m0/s1. The molecular formula is C19H31NO3S2. The lowest BCUT2D eigenvalue weighted by Crippen LogP contribution is -2.38. The van der Waals surface area contributed by atoms with Gasteiger partial charge in [-0.2, -0.15) is 23.5 Å². The Hall–Kier alpha value is -0.590. The lowest BCUT2D eigenvalue weighted by Gasteiger charge is -2.31. The zero-order valence-electron chi connectivity index (χ0n) is 15.6. The number of rotatable bonds is 5. The number of hydrogen-bond acceptors (Lipinski definition) is 6. The molecule has 0 aromatic rings. The first-order valence-electron chi connectivity index (χ1n) is 8.80. The summed E-state index contributed by atoms with van der Waals surface area (Å²) < 4.78 is 0. The van der Waals surface area contributed by atoms with E-state index in [0.717, 1.165) is 11.5 Å². The Labute approximate surface area is 160 Å². The fraction of sp³-hybridized carbons (Fsp3) is 0.737. The van der Waals surface area contributed by atoms with Crippen molar-refractivity contribution < 1.29 is 14.4 Å². The molecular weight excluding hydrogens is 354 g/mol. The molecule has 0 spiro atoms. The lowest BCUT2D eigenvalue weighted by molar-refractivity contribution is -0.129. The fourth-order valence-electron chi connectivity index (χ4n) is 2.81. The summed E-state index contributed by atoms with van der Waals surface area (Å²) in [5.41, 5.74) is 4.52. The van der Waals surface area contributed by atoms with Crippen LogP contribution in [0, 0.1) is 10.8 Å². The van der Waals surface area contributed by atoms with Crippen molar-refractivity contribution in [3.05, 3.63) is 12.2 Å². The van der Waals surface area contributed by atoms with Gasteiger partial charge in [0.2, 0.25) is 0 Å². The molecule has 2 atom stereocenters. The van der Waals surface area contributed by atoms with Gasteiger partial charge in [-0.05, 0) is 19.8 Å². The number of carbonyl (C=O) groups is 3. The second-order valence-electron chi connectivity index (χ2n) is 7.38. The Morgan fingerprint density at radius 2 is 1.76 bits per heavy atom. The minimum Gasteiger partial charge on any atom is -0.324 e. The van der Waals surface area contributed by atoms with Crippen LogP contribution in [0.1, 0.15) is 46.5 Å². The van der Waals surface area contributed by atoms with Crippen LogP contribution in [0.15, 0.2) is 12.2 Å². The zero-order chi connectivity index (χ0) is 18.9. The topological polar surface area (TPSA) is 77.2 Å². The van der Waals surface area contributed by atoms with Gasteiger partial charge < -0.3 is 10.5 Å². The maximum Gasteiger partial charge on any atom is 0.153 e. The molecule has 0 aromatic carbocycles. The van der Waals surface area contributed by atoms with Gasteiger partial charge in [-0.25, -0.2) is 0 Å². The van der Waals surface area contributed by atoms with Gasteiger partial charge >= 0.3 is 0 Å². The quantitative estimate of drug-likeness (QED) is 0.732. The van der Waals surface area contributed by atoms with E-state index in [0.29, 0.717) is 37.2 Å². The molecule has 1 heterocycles. The highest BCUT2D eigenvalue weighted by Gasteiger charge is 2.37. The van der Waals surface area contributed by atoms with E-state index in [4.69, 9.17) is 5.73 Å². The van der Waals surface area contributed by atoms with Gasteiger partial charge in [0.15, 0.2) is 5.78 Å². The molecule has 6 heteroatoms. The molecule has 2 N–H and O–H groups in total. The Morgan fingerprint density at radius 3 is 2.32 bits per heavy atom. The number of Topliss-reactive ketones (excluding diaryl/α,β-unsaturated/α-hetero) is 3. The Morgan fingerprint density at radius 1 is 1.16 bits per heavy atom. The summed E-state index contributed by atoms with van der Waals surface area (Å²) in [6.45, 7) is 5.47. The first-order chi connectivity index (χ1) is 11.7. The van der Waals surface area contributed by atoms with E-state index < -0.39 is 10.8 Å². The SMILES string of the molecule is CC(=O)CC[C@@]1(C)CSC/C=C\CSC[C@@](C)(C(=O)CN)CCC1=O. The average molecular weight is 386 g/mol. The van der Waals surface area contributed by atoms with Crippen molar-refractivity contribution in [2.24, 2.45) is 16.6 Å². The van der Waals surface area contributed by atoms with Crippen molar-refractivity contribution in [2.75, 3.05) is 29.6 Å². The molecule has 0 unspecified atom stereocenters. The molecule has 0 saturated carbocycles. The molecule has 4 nitrogen and oxygen atoms in total. The van der Waals surface area contributed by atoms with Gasteiger partial charge in [-0.3, -0.25) is 9.59 Å². The van der Waals surface area contributed by atoms with Crippen molar-refractivity contribution >= 4 is 40.9 Å². The van der Waals surface area contributed by atoms with Gasteiger partial charge in [-0.1, -0.05) is 26.0 Å². The number of thioether (sulfide) groups is 2. The molecule has 1 aliphatic rings. The van der Waals surface area contributed by atoms with Crippen molar-refractivity contribution in [1.82, 2.24) is 0 Å². The largest absolute Gasteiger partial charge is 0.324 e. The minimum atomic E-state index is -0.564. The molecule has 0 aromatic heterocycles. The van der Waals surface area contributed by atoms with Gasteiger partial charge in [0.05, 0.1) is 6.54 Å². The smallest absolute Gasteiger partial charge is 0.153 e. The van der Waals surface area contributed by atoms with Gasteiger partial charge in [0.1, 0.15) is 11.6 Å². The minimum absolute atomic E-state index is 0.0124. The van der Waals surface area contributed by atoms with Crippen LogP contribution in [0.25, 0.3) is 0 Å². The predicted octanol–water partition coefficient (Wildman–Crippen LogP) is 3.28. The van der Waals surface area contributed by atoms with Crippen molar-refractivity contribution in [1.29, 1.82) is 0 Å². The first-order valence-corrected chi connectivity index (χ1v) is 11.1. The second-order valence-corrected chi connectivity index (χ2v) is 9.44. The maximum atomic E-state index is 13.0. The summed E-state index contributed by atoms with van der Waals surface area (Å²) in [5, 5.41) is 0. The zero-order valence-corrected chi connectivity index (χ0v) is 17.3. The Kier molecular flexibility index (Phi) is 9.46. The molecule has 1 aliphatic heterocycles. The van der Waals surface area contributed by atoms with Crippen LogP contribution in [0.2, 0.25) is 0 Å². The molecule has 142 valence electrons. The van der Waals surface area contributed by atoms with Crippen molar-refractivity contribution in [2.45, 2.75) is 46.5 Å². The average Bonchev–Trinajstić information content (AvgIpc) is 2.59. The summed E-state index contributed by atoms with van der Waals surface area (Å²) in [7, 11) is 0. The van der Waals surface area contributed by atoms with Crippen LogP contribution >= 0.6 is 23.5 Å². The molecule has 1 rings (SSSR count). The third-order valence-corrected chi connectivity index (χ3v) is 7.44. The highest BCUT2D eigenvalue weighted by Crippen LogP contribution is 2.35. The summed E-state index contributed by atoms with van der Waals surface area (Å²) in [6, 6.07) is 0. The molecule has 25 heavy (non-hydrogen) atoms. The number of hydrogen-bond donors (Lipinski definition) is 1. The van der Waals surface area contributed by atoms with Crippen LogP contribution < -0.4 is 5.73 Å². The van der Waals surface area contributed by atoms with E-state index in [2.05, 4.69) is 12.2 Å². The monoisotopic (exact) mass is 385 g/mol. The number of nitrogens with two attached hydrogens (primary N) is 1. The van der Waals surface area contributed by atoms with E-state index in [9.17, 15) is 14.4 Å². The maximum absolute atomic E-state index is 13.0. The molecule has 0 amide bonds. The van der Waals surface area contributed by atoms with Crippen LogP contribution in [0.5, 0.6) is 0 Å². The Balaban J connectivity index is 2.96. The predicted molar refractivity (Wildman–Crippen MR) is 108 cm³/mol. The number of ketones is 3. The van der Waals surface area contributed by atoms with Crippen LogP contribution in [-0.2, 0) is 14.4 Å². The fourth-order valence-corrected chi connectivity index (χ4v) is 5.11. The van der Waals surface area contributed by atoms with E-state index in [-0.39, 0.29) is 23.9 Å². The highest BCUT2D eigenvalue weighted by molar-refractivity contribution is 7.99. The third kappa shape index (κ3) is 7.27. The van der Waals surface area contributed by atoms with Crippen LogP contribution in [-0.4, -0.2) is 46.9 Å². The molecule has 0 radical (unpaired) electrons. The molecule has 0 bridgehead atoms. The Bertz CT molecular complexity index is 521. The second kappa shape index (κ2) is 10.5. The summed E-state index contributed by atoms with van der Waals surface area (Å²) in [5.74, 6) is 3.40. The van der Waals surface area contributed by atoms with Crippen LogP contribution in [0.4, 0.5) is 0 Å². The van der Waals surface area contributed by atoms with Gasteiger partial charge in [-0.15, -0.1) is 0 Å². The van der Waals surface area contributed by atoms with Crippen LogP contribution in [0.3, 0.4) is 0 Å². The normalized spacial score (nSPS) is 30.6. The summed E-state index contributed by atoms with van der Waals surface area (Å²) in [6.07, 6.45) is 6.14. The lowest BCUT2D eigenvalue weighted by atomic mass is 9.76. The molecule has 0 fully saturated rings. The van der Waals surface area contributed by atoms with E-state index >= 15 is 0 Å². The summed E-state index contributed by atoms with van der Waals surface area (Å²) in [4.78, 5) is 36.7. The van der Waals surface area contributed by atoms with Gasteiger partial charge in [0.25, 0.3) is 0 Å². The van der Waals surface area contributed by atoms with E-state index in [1.54, 1.807) is 30.4 Å². The van der Waals surface area contributed by atoms with E-state index in [1.807, 2.05) is 13.8 Å². The van der Waals surface area contributed by atoms with Crippen molar-refractivity contribution in [3.63, 3.8) is 0 Å². The number of carbonyl (C=O) groups excluding carboxylic acids is 3. The first kappa shape index (κ1) is 22.5. The molecule has 0 saturated heterocycles. The molecule has 0 aliphatic carbocycles. The third-order valence-electron chi connectivity index (χ3n) is 4.90. The van der Waals surface area contributed by atoms with Gasteiger partial charge in [0, 0.05) is 46.7 Å². The van der Waals surface area contributed by atoms with Crippen molar-refractivity contribution in [3.8, 4) is 0 Å². The highest BCUT2D eigenvalue weighted by atomic mass is 32.2.